The fourth-order valence-corrected chi connectivity index (χ4v) is 1.57. The molecule has 1 aromatic carbocycles. The Hall–Kier alpha value is -0.930. The van der Waals surface area contributed by atoms with Crippen molar-refractivity contribution in [1.82, 2.24) is 0 Å². The van der Waals surface area contributed by atoms with Crippen LogP contribution in [0.4, 0.5) is 5.69 Å². The van der Waals surface area contributed by atoms with Gasteiger partial charge in [0.1, 0.15) is 5.75 Å². The molecule has 0 heterocycles. The average molecular weight is 258 g/mol. The lowest BCUT2D eigenvalue weighted by Crippen LogP contribution is -2.29. The van der Waals surface area contributed by atoms with Crippen molar-refractivity contribution in [1.29, 1.82) is 0 Å². The third-order valence-electron chi connectivity index (χ3n) is 3.11. The average Bonchev–Trinajstić information content (AvgIpc) is 2.37. The zero-order valence-corrected chi connectivity index (χ0v) is 11.3. The Balaban J connectivity index is 2.69. The van der Waals surface area contributed by atoms with Gasteiger partial charge in [-0.2, -0.15) is 0 Å². The molecule has 0 saturated heterocycles. The minimum Gasteiger partial charge on any atom is -0.495 e. The van der Waals surface area contributed by atoms with Crippen LogP contribution < -0.4 is 10.1 Å². The molecule has 0 bridgehead atoms. The predicted octanol–water partition coefficient (Wildman–Crippen LogP) is 3.17. The molecule has 0 aliphatic heterocycles. The molecule has 1 aromatic rings. The number of methoxy groups -OCH3 is 1. The third-order valence-corrected chi connectivity index (χ3v) is 3.42. The molecule has 0 aliphatic rings. The zero-order chi connectivity index (χ0) is 12.9. The van der Waals surface area contributed by atoms with E-state index in [4.69, 9.17) is 16.3 Å². The van der Waals surface area contributed by atoms with Crippen molar-refractivity contribution >= 4 is 17.3 Å². The maximum atomic E-state index is 9.32. The number of aliphatic hydroxyl groups is 1. The van der Waals surface area contributed by atoms with E-state index >= 15 is 0 Å². The number of aliphatic hydroxyl groups excluding tert-OH is 1. The summed E-state index contributed by atoms with van der Waals surface area (Å²) in [7, 11) is 1.59. The largest absolute Gasteiger partial charge is 0.495 e. The van der Waals surface area contributed by atoms with Crippen LogP contribution in [0.3, 0.4) is 0 Å². The molecule has 0 amide bonds. The summed E-state index contributed by atoms with van der Waals surface area (Å²) in [5, 5.41) is 13.2. The predicted molar refractivity (Wildman–Crippen MR) is 72.0 cm³/mol. The number of rotatable bonds is 6. The molecule has 0 saturated carbocycles. The lowest BCUT2D eigenvalue weighted by molar-refractivity contribution is 0.149. The van der Waals surface area contributed by atoms with Crippen molar-refractivity contribution in [2.75, 3.05) is 25.6 Å². The van der Waals surface area contributed by atoms with Gasteiger partial charge in [-0.15, -0.1) is 0 Å². The van der Waals surface area contributed by atoms with Crippen molar-refractivity contribution in [3.05, 3.63) is 23.2 Å². The van der Waals surface area contributed by atoms with E-state index in [0.717, 1.165) is 12.1 Å². The molecule has 4 heteroatoms. The fourth-order valence-electron chi connectivity index (χ4n) is 1.38. The van der Waals surface area contributed by atoms with Crippen LogP contribution in [-0.2, 0) is 0 Å². The number of benzene rings is 1. The summed E-state index contributed by atoms with van der Waals surface area (Å²) in [5.41, 5.74) is 0.840. The number of anilines is 1. The second kappa shape index (κ2) is 6.12. The van der Waals surface area contributed by atoms with Gasteiger partial charge in [0.15, 0.2) is 0 Å². The van der Waals surface area contributed by atoms with Crippen molar-refractivity contribution in [3.63, 3.8) is 0 Å². The van der Waals surface area contributed by atoms with Gasteiger partial charge in [0, 0.05) is 23.7 Å². The van der Waals surface area contributed by atoms with Crippen molar-refractivity contribution in [3.8, 4) is 5.75 Å². The van der Waals surface area contributed by atoms with Gasteiger partial charge >= 0.3 is 0 Å². The summed E-state index contributed by atoms with van der Waals surface area (Å²) in [6.45, 7) is 5.00. The van der Waals surface area contributed by atoms with Crippen LogP contribution in [0, 0.1) is 5.41 Å². The van der Waals surface area contributed by atoms with Crippen LogP contribution in [0.1, 0.15) is 20.3 Å². The Bertz CT molecular complexity index is 364. The molecule has 1 atom stereocenters. The van der Waals surface area contributed by atoms with Crippen LogP contribution in [0.15, 0.2) is 18.2 Å². The van der Waals surface area contributed by atoms with E-state index < -0.39 is 0 Å². The highest BCUT2D eigenvalue weighted by Crippen LogP contribution is 2.28. The lowest BCUT2D eigenvalue weighted by atomic mass is 9.88. The van der Waals surface area contributed by atoms with Gasteiger partial charge in [0.2, 0.25) is 0 Å². The Morgan fingerprint density at radius 2 is 2.18 bits per heavy atom. The van der Waals surface area contributed by atoms with Gasteiger partial charge < -0.3 is 15.2 Å². The second-order valence-electron chi connectivity index (χ2n) is 4.53. The summed E-state index contributed by atoms with van der Waals surface area (Å²) in [6.07, 6.45) is 0.918. The molecular weight excluding hydrogens is 238 g/mol. The third kappa shape index (κ3) is 3.79. The summed E-state index contributed by atoms with van der Waals surface area (Å²) in [6, 6.07) is 5.55. The van der Waals surface area contributed by atoms with Gasteiger partial charge in [-0.05, 0) is 18.6 Å². The highest BCUT2D eigenvalue weighted by atomic mass is 35.5. The smallest absolute Gasteiger partial charge is 0.139 e. The van der Waals surface area contributed by atoms with Gasteiger partial charge in [0.05, 0.1) is 18.7 Å². The zero-order valence-electron chi connectivity index (χ0n) is 10.6. The summed E-state index contributed by atoms with van der Waals surface area (Å²) in [5.74, 6) is 0.652. The van der Waals surface area contributed by atoms with Crippen LogP contribution in [-0.4, -0.2) is 25.4 Å². The summed E-state index contributed by atoms with van der Waals surface area (Å²) >= 11 is 5.95. The lowest BCUT2D eigenvalue weighted by Gasteiger charge is -2.26. The van der Waals surface area contributed by atoms with Gasteiger partial charge in [0.25, 0.3) is 0 Å². The quantitative estimate of drug-likeness (QED) is 0.823. The van der Waals surface area contributed by atoms with E-state index in [1.54, 1.807) is 13.2 Å². The standard InChI is InChI=1S/C13H20ClNO2/c1-4-13(2,9-16)8-15-10-5-6-11(14)12(7-10)17-3/h5-7,15-16H,4,8-9H2,1-3H3. The van der Waals surface area contributed by atoms with E-state index in [-0.39, 0.29) is 12.0 Å². The monoisotopic (exact) mass is 257 g/mol. The minimum atomic E-state index is -0.104. The highest BCUT2D eigenvalue weighted by molar-refractivity contribution is 6.32. The highest BCUT2D eigenvalue weighted by Gasteiger charge is 2.20. The minimum absolute atomic E-state index is 0.104. The second-order valence-corrected chi connectivity index (χ2v) is 4.93. The topological polar surface area (TPSA) is 41.5 Å². The maximum Gasteiger partial charge on any atom is 0.139 e. The molecular formula is C13H20ClNO2. The molecule has 0 aliphatic carbocycles. The first kappa shape index (κ1) is 14.1. The maximum absolute atomic E-state index is 9.32. The van der Waals surface area contributed by atoms with E-state index in [1.165, 1.54) is 0 Å². The first-order valence-corrected chi connectivity index (χ1v) is 6.10. The number of hydrogen-bond donors (Lipinski definition) is 2. The SMILES string of the molecule is CCC(C)(CO)CNc1ccc(Cl)c(OC)c1. The molecule has 1 unspecified atom stereocenters. The Labute approximate surface area is 108 Å². The van der Waals surface area contributed by atoms with Crippen LogP contribution in [0.25, 0.3) is 0 Å². The Morgan fingerprint density at radius 3 is 2.71 bits per heavy atom. The molecule has 2 N–H and O–H groups in total. The Kier molecular flexibility index (Phi) is 5.09. The summed E-state index contributed by atoms with van der Waals surface area (Å²) < 4.78 is 5.15. The molecule has 96 valence electrons. The molecule has 0 radical (unpaired) electrons. The van der Waals surface area contributed by atoms with E-state index in [2.05, 4.69) is 12.2 Å². The number of nitrogens with one attached hydrogen (secondary N) is 1. The van der Waals surface area contributed by atoms with Crippen molar-refractivity contribution < 1.29 is 9.84 Å². The number of hydrogen-bond acceptors (Lipinski definition) is 3. The van der Waals surface area contributed by atoms with Crippen molar-refractivity contribution in [2.24, 2.45) is 5.41 Å². The molecule has 17 heavy (non-hydrogen) atoms. The molecule has 1 rings (SSSR count). The first-order valence-electron chi connectivity index (χ1n) is 5.73. The molecule has 0 spiro atoms. The molecule has 0 fully saturated rings. The Morgan fingerprint density at radius 1 is 1.47 bits per heavy atom. The molecule has 0 aromatic heterocycles. The molecule has 3 nitrogen and oxygen atoms in total. The number of halogens is 1. The van der Waals surface area contributed by atoms with E-state index in [1.807, 2.05) is 19.1 Å². The van der Waals surface area contributed by atoms with Crippen molar-refractivity contribution in [2.45, 2.75) is 20.3 Å². The van der Waals surface area contributed by atoms with Crippen LogP contribution in [0.2, 0.25) is 5.02 Å². The van der Waals surface area contributed by atoms with Gasteiger partial charge in [-0.3, -0.25) is 0 Å². The van der Waals surface area contributed by atoms with Gasteiger partial charge in [-0.25, -0.2) is 0 Å². The first-order chi connectivity index (χ1) is 8.04. The summed E-state index contributed by atoms with van der Waals surface area (Å²) in [4.78, 5) is 0. The van der Waals surface area contributed by atoms with Crippen LogP contribution in [0.5, 0.6) is 5.75 Å². The van der Waals surface area contributed by atoms with E-state index in [0.29, 0.717) is 17.3 Å². The van der Waals surface area contributed by atoms with E-state index in [9.17, 15) is 5.11 Å². The number of ether oxygens (including phenoxy) is 1. The van der Waals surface area contributed by atoms with Crippen LogP contribution >= 0.6 is 11.6 Å². The normalized spacial score (nSPS) is 14.2. The van der Waals surface area contributed by atoms with Gasteiger partial charge in [-0.1, -0.05) is 25.4 Å². The fraction of sp³-hybridized carbons (Fsp3) is 0.538.